The zero-order valence-electron chi connectivity index (χ0n) is 18.7. The van der Waals surface area contributed by atoms with Crippen LogP contribution in [0.2, 0.25) is 0 Å². The minimum atomic E-state index is -0.0808. The van der Waals surface area contributed by atoms with Crippen LogP contribution >= 0.6 is 26.2 Å². The number of hydrogen-bond donors (Lipinski definition) is 0. The summed E-state index contributed by atoms with van der Waals surface area (Å²) in [4.78, 5) is 0. The molecule has 0 amide bonds. The number of unbranched alkanes of at least 4 members (excludes halogenated alkanes) is 7. The number of rotatable bonds is 13. The zero-order chi connectivity index (χ0) is 20.9. The van der Waals surface area contributed by atoms with E-state index in [0.29, 0.717) is 0 Å². The maximum atomic E-state index is 2.84. The van der Waals surface area contributed by atoms with E-state index in [-0.39, 0.29) is 22.4 Å². The summed E-state index contributed by atoms with van der Waals surface area (Å²) in [6.45, 7) is 0. The van der Waals surface area contributed by atoms with Gasteiger partial charge in [-0.05, 0) is 35.7 Å². The largest absolute Gasteiger partial charge is 0.138 e. The van der Waals surface area contributed by atoms with E-state index in [1.165, 1.54) is 74.2 Å². The van der Waals surface area contributed by atoms with E-state index >= 15 is 0 Å². The summed E-state index contributed by atoms with van der Waals surface area (Å²) in [6.07, 6.45) is 13.3. The molecule has 0 radical (unpaired) electrons. The molecule has 1 unspecified atom stereocenters. The second kappa shape index (κ2) is 14.6. The first kappa shape index (κ1) is 25.8. The molecule has 3 aromatic carbocycles. The minimum Gasteiger partial charge on any atom is -0.138 e. The monoisotopic (exact) mass is 496 g/mol. The highest BCUT2D eigenvalue weighted by Gasteiger charge is 2.35. The second-order valence-electron chi connectivity index (χ2n) is 8.37. The van der Waals surface area contributed by atoms with Crippen molar-refractivity contribution in [2.24, 2.45) is 0 Å². The molecule has 0 saturated carbocycles. The van der Waals surface area contributed by atoms with E-state index in [1.807, 2.05) is 0 Å². The quantitative estimate of drug-likeness (QED) is 0.126. The van der Waals surface area contributed by atoms with Crippen LogP contribution in [0, 0.1) is 0 Å². The fourth-order valence-corrected chi connectivity index (χ4v) is 4.98. The van der Waals surface area contributed by atoms with Crippen LogP contribution in [0.5, 0.6) is 0 Å². The van der Waals surface area contributed by atoms with Gasteiger partial charge < -0.3 is 0 Å². The third kappa shape index (κ3) is 7.30. The molecule has 3 aromatic rings. The van der Waals surface area contributed by atoms with Crippen LogP contribution in [-0.2, 0) is 5.41 Å². The van der Waals surface area contributed by atoms with E-state index in [9.17, 15) is 0 Å². The Kier molecular flexibility index (Phi) is 12.2. The summed E-state index contributed by atoms with van der Waals surface area (Å²) >= 11 is 0. The Labute approximate surface area is 202 Å². The normalized spacial score (nSPS) is 11.1. The molecule has 0 aliphatic rings. The Bertz CT molecular complexity index is 720. The molecule has 0 aliphatic heterocycles. The molecule has 1 atom stereocenters. The van der Waals surface area contributed by atoms with Crippen molar-refractivity contribution in [3.63, 3.8) is 0 Å². The molecule has 31 heavy (non-hydrogen) atoms. The van der Waals surface area contributed by atoms with E-state index < -0.39 is 0 Å². The van der Waals surface area contributed by atoms with Gasteiger partial charge in [-0.1, -0.05) is 136 Å². The maximum absolute atomic E-state index is 2.84. The molecule has 0 nitrogen and oxygen atoms in total. The summed E-state index contributed by atoms with van der Waals surface area (Å²) in [6, 6.07) is 33.4. The number of hydrogen-bond acceptors (Lipinski definition) is 0. The van der Waals surface area contributed by atoms with Gasteiger partial charge in [-0.2, -0.15) is 0 Å². The Hall–Kier alpha value is -1.43. The molecular weight excluding hydrogens is 459 g/mol. The summed E-state index contributed by atoms with van der Waals surface area (Å²) in [5, 5.41) is 0. The molecular formula is C29H38BrP. The van der Waals surface area contributed by atoms with Gasteiger partial charge in [0.25, 0.3) is 0 Å². The van der Waals surface area contributed by atoms with Crippen molar-refractivity contribution >= 4 is 26.2 Å². The van der Waals surface area contributed by atoms with Crippen LogP contribution in [-0.4, -0.2) is 6.16 Å². The van der Waals surface area contributed by atoms with E-state index in [2.05, 4.69) is 100 Å². The van der Waals surface area contributed by atoms with E-state index in [4.69, 9.17) is 0 Å². The lowest BCUT2D eigenvalue weighted by Crippen LogP contribution is -2.29. The van der Waals surface area contributed by atoms with Crippen molar-refractivity contribution < 1.29 is 0 Å². The van der Waals surface area contributed by atoms with E-state index in [1.54, 1.807) is 0 Å². The van der Waals surface area contributed by atoms with Gasteiger partial charge in [-0.25, -0.2) is 0 Å². The summed E-state index contributed by atoms with van der Waals surface area (Å²) in [5.74, 6) is 0. The van der Waals surface area contributed by atoms with Crippen LogP contribution in [0.1, 0.15) is 74.5 Å². The van der Waals surface area contributed by atoms with Gasteiger partial charge in [-0.15, -0.1) is 26.2 Å². The Morgan fingerprint density at radius 2 is 0.774 bits per heavy atom. The molecule has 2 heteroatoms. The van der Waals surface area contributed by atoms with Gasteiger partial charge in [0, 0.05) is 5.41 Å². The Morgan fingerprint density at radius 3 is 1.13 bits per heavy atom. The molecule has 3 rings (SSSR count). The number of halogens is 1. The fraction of sp³-hybridized carbons (Fsp3) is 0.379. The van der Waals surface area contributed by atoms with Gasteiger partial charge in [0.1, 0.15) is 0 Å². The predicted octanol–water partition coefficient (Wildman–Crippen LogP) is 8.98. The molecule has 0 fully saturated rings. The van der Waals surface area contributed by atoms with Gasteiger partial charge in [0.05, 0.1) is 0 Å². The van der Waals surface area contributed by atoms with Crippen molar-refractivity contribution in [2.45, 2.75) is 63.2 Å². The van der Waals surface area contributed by atoms with Crippen molar-refractivity contribution in [2.75, 3.05) is 6.16 Å². The molecule has 0 aromatic heterocycles. The molecule has 166 valence electrons. The van der Waals surface area contributed by atoms with Crippen LogP contribution in [0.15, 0.2) is 91.0 Å². The summed E-state index contributed by atoms with van der Waals surface area (Å²) in [5.41, 5.74) is 4.13. The Morgan fingerprint density at radius 1 is 0.452 bits per heavy atom. The topological polar surface area (TPSA) is 0 Å². The van der Waals surface area contributed by atoms with Crippen LogP contribution < -0.4 is 0 Å². The minimum absolute atomic E-state index is 0. The molecule has 0 bridgehead atoms. The van der Waals surface area contributed by atoms with E-state index in [0.717, 1.165) is 6.42 Å². The SMILES string of the molecule is Br.PCCCCCCCCCCC(c1ccccc1)(c1ccccc1)c1ccccc1. The van der Waals surface area contributed by atoms with Gasteiger partial charge in [0.15, 0.2) is 0 Å². The van der Waals surface area contributed by atoms with Crippen molar-refractivity contribution in [3.05, 3.63) is 108 Å². The predicted molar refractivity (Wildman–Crippen MR) is 146 cm³/mol. The molecule has 0 N–H and O–H groups in total. The lowest BCUT2D eigenvalue weighted by molar-refractivity contribution is 0.495. The highest BCUT2D eigenvalue weighted by molar-refractivity contribution is 8.93. The maximum Gasteiger partial charge on any atom is 0.0451 e. The first-order valence-corrected chi connectivity index (χ1v) is 12.6. The van der Waals surface area contributed by atoms with Gasteiger partial charge in [-0.3, -0.25) is 0 Å². The van der Waals surface area contributed by atoms with Gasteiger partial charge >= 0.3 is 0 Å². The second-order valence-corrected chi connectivity index (χ2v) is 8.95. The molecule has 0 spiro atoms. The van der Waals surface area contributed by atoms with Crippen molar-refractivity contribution in [3.8, 4) is 0 Å². The molecule has 0 heterocycles. The number of benzene rings is 3. The third-order valence-corrected chi connectivity index (χ3v) is 6.71. The lowest BCUT2D eigenvalue weighted by atomic mass is 9.66. The van der Waals surface area contributed by atoms with Crippen LogP contribution in [0.3, 0.4) is 0 Å². The lowest BCUT2D eigenvalue weighted by Gasteiger charge is -2.36. The fourth-order valence-electron chi connectivity index (χ4n) is 4.70. The highest BCUT2D eigenvalue weighted by atomic mass is 79.9. The average Bonchev–Trinajstić information content (AvgIpc) is 2.82. The van der Waals surface area contributed by atoms with Crippen LogP contribution in [0.4, 0.5) is 0 Å². The molecule has 0 aliphatic carbocycles. The molecule has 0 saturated heterocycles. The van der Waals surface area contributed by atoms with Gasteiger partial charge in [0.2, 0.25) is 0 Å². The summed E-state index contributed by atoms with van der Waals surface area (Å²) in [7, 11) is 2.84. The first-order chi connectivity index (χ1) is 14.9. The van der Waals surface area contributed by atoms with Crippen molar-refractivity contribution in [1.82, 2.24) is 0 Å². The summed E-state index contributed by atoms with van der Waals surface area (Å²) < 4.78 is 0. The standard InChI is InChI=1S/C29H37P.BrH/c30-25-17-6-4-2-1-3-5-16-24-29(26-18-10-7-11-19-26,27-20-12-8-13-21-27)28-22-14-9-15-23-28;/h7-15,18-23H,1-6,16-17,24-25,30H2;1H. The third-order valence-electron chi connectivity index (χ3n) is 6.31. The Balaban J connectivity index is 0.00000341. The highest BCUT2D eigenvalue weighted by Crippen LogP contribution is 2.43. The van der Waals surface area contributed by atoms with Crippen molar-refractivity contribution in [1.29, 1.82) is 0 Å². The zero-order valence-corrected chi connectivity index (χ0v) is 21.6. The first-order valence-electron chi connectivity index (χ1n) is 11.7. The smallest absolute Gasteiger partial charge is 0.0451 e. The average molecular weight is 498 g/mol. The van der Waals surface area contributed by atoms with Crippen LogP contribution in [0.25, 0.3) is 0 Å².